The van der Waals surface area contributed by atoms with E-state index in [4.69, 9.17) is 0 Å². The van der Waals surface area contributed by atoms with Gasteiger partial charge in [0.1, 0.15) is 0 Å². The molecule has 0 aromatic heterocycles. The molecule has 0 unspecified atom stereocenters. The van der Waals surface area contributed by atoms with E-state index < -0.39 is 0 Å². The molecule has 0 radical (unpaired) electrons. The van der Waals surface area contributed by atoms with Gasteiger partial charge in [-0.25, -0.2) is 0 Å². The second kappa shape index (κ2) is 9.76. The fourth-order valence-electron chi connectivity index (χ4n) is 5.79. The zero-order valence-corrected chi connectivity index (χ0v) is 18.5. The number of hydrogen-bond donors (Lipinski definition) is 0. The Balaban J connectivity index is 1.36. The van der Waals surface area contributed by atoms with Gasteiger partial charge in [0.25, 0.3) is 0 Å². The van der Waals surface area contributed by atoms with Crippen LogP contribution in [0.25, 0.3) is 0 Å². The van der Waals surface area contributed by atoms with Crippen LogP contribution >= 0.6 is 0 Å². The minimum Gasteiger partial charge on any atom is -0.342 e. The third-order valence-corrected chi connectivity index (χ3v) is 8.08. The summed E-state index contributed by atoms with van der Waals surface area (Å²) in [5.74, 6) is 5.02. The molecular formula is C24H44N2O. The van der Waals surface area contributed by atoms with E-state index in [2.05, 4.69) is 37.5 Å². The maximum absolute atomic E-state index is 12.9. The van der Waals surface area contributed by atoms with Crippen molar-refractivity contribution >= 4 is 5.91 Å². The molecule has 3 rings (SSSR count). The summed E-state index contributed by atoms with van der Waals surface area (Å²) in [5, 5.41) is 0. The summed E-state index contributed by atoms with van der Waals surface area (Å²) >= 11 is 0. The van der Waals surface area contributed by atoms with E-state index in [0.29, 0.717) is 11.8 Å². The maximum atomic E-state index is 12.9. The Bertz CT molecular complexity index is 451. The molecule has 2 heterocycles. The van der Waals surface area contributed by atoms with Crippen LogP contribution in [0.5, 0.6) is 0 Å². The van der Waals surface area contributed by atoms with Gasteiger partial charge in [-0.1, -0.05) is 27.7 Å². The van der Waals surface area contributed by atoms with Crippen molar-refractivity contribution < 1.29 is 4.79 Å². The Morgan fingerprint density at radius 1 is 0.741 bits per heavy atom. The van der Waals surface area contributed by atoms with Gasteiger partial charge in [0.15, 0.2) is 0 Å². The predicted octanol–water partition coefficient (Wildman–Crippen LogP) is 5.06. The van der Waals surface area contributed by atoms with E-state index in [9.17, 15) is 4.79 Å². The molecule has 3 nitrogen and oxygen atoms in total. The van der Waals surface area contributed by atoms with Crippen molar-refractivity contribution in [3.05, 3.63) is 0 Å². The van der Waals surface area contributed by atoms with Gasteiger partial charge in [0, 0.05) is 25.6 Å². The number of nitrogens with zero attached hydrogens (tertiary/aromatic N) is 2. The van der Waals surface area contributed by atoms with Crippen LogP contribution < -0.4 is 0 Å². The lowest BCUT2D eigenvalue weighted by Crippen LogP contribution is -2.45. The Labute approximate surface area is 168 Å². The van der Waals surface area contributed by atoms with Gasteiger partial charge in [0.2, 0.25) is 5.91 Å². The summed E-state index contributed by atoms with van der Waals surface area (Å²) in [6, 6.07) is 0. The molecule has 3 heteroatoms. The molecule has 0 spiro atoms. The molecule has 3 aliphatic rings. The highest BCUT2D eigenvalue weighted by molar-refractivity contribution is 5.79. The third kappa shape index (κ3) is 5.71. The van der Waals surface area contributed by atoms with Gasteiger partial charge in [-0.3, -0.25) is 4.79 Å². The monoisotopic (exact) mass is 376 g/mol. The lowest BCUT2D eigenvalue weighted by molar-refractivity contribution is -0.138. The van der Waals surface area contributed by atoms with Crippen molar-refractivity contribution in [2.75, 3.05) is 32.7 Å². The molecule has 2 saturated heterocycles. The smallest absolute Gasteiger partial charge is 0.225 e. The molecule has 156 valence electrons. The van der Waals surface area contributed by atoms with Crippen LogP contribution in [-0.4, -0.2) is 48.4 Å². The molecule has 0 aromatic rings. The van der Waals surface area contributed by atoms with Crippen LogP contribution in [0, 0.1) is 35.5 Å². The lowest BCUT2D eigenvalue weighted by Gasteiger charge is -2.40. The first-order valence-electron chi connectivity index (χ1n) is 11.9. The largest absolute Gasteiger partial charge is 0.342 e. The van der Waals surface area contributed by atoms with E-state index in [-0.39, 0.29) is 0 Å². The van der Waals surface area contributed by atoms with Gasteiger partial charge in [-0.15, -0.1) is 0 Å². The van der Waals surface area contributed by atoms with E-state index in [0.717, 1.165) is 55.5 Å². The van der Waals surface area contributed by atoms with E-state index in [1.807, 2.05) is 0 Å². The molecule has 2 aliphatic heterocycles. The quantitative estimate of drug-likeness (QED) is 0.670. The molecule has 1 amide bonds. The Morgan fingerprint density at radius 2 is 1.26 bits per heavy atom. The van der Waals surface area contributed by atoms with Crippen molar-refractivity contribution in [1.29, 1.82) is 0 Å². The normalized spacial score (nSPS) is 29.6. The Hall–Kier alpha value is -0.570. The number of rotatable bonds is 5. The first-order chi connectivity index (χ1) is 12.9. The van der Waals surface area contributed by atoms with Crippen molar-refractivity contribution in [3.8, 4) is 0 Å². The van der Waals surface area contributed by atoms with E-state index in [1.54, 1.807) is 0 Å². The minimum absolute atomic E-state index is 0.326. The zero-order valence-electron chi connectivity index (χ0n) is 18.5. The van der Waals surface area contributed by atoms with E-state index in [1.165, 1.54) is 58.2 Å². The summed E-state index contributed by atoms with van der Waals surface area (Å²) in [4.78, 5) is 17.9. The molecule has 1 aliphatic carbocycles. The second-order valence-corrected chi connectivity index (χ2v) is 10.5. The van der Waals surface area contributed by atoms with Gasteiger partial charge >= 0.3 is 0 Å². The van der Waals surface area contributed by atoms with Crippen LogP contribution in [-0.2, 0) is 4.79 Å². The molecule has 3 fully saturated rings. The highest BCUT2D eigenvalue weighted by Crippen LogP contribution is 2.35. The Kier molecular flexibility index (Phi) is 7.65. The second-order valence-electron chi connectivity index (χ2n) is 10.5. The van der Waals surface area contributed by atoms with Gasteiger partial charge in [0.05, 0.1) is 0 Å². The van der Waals surface area contributed by atoms with Crippen molar-refractivity contribution in [2.24, 2.45) is 35.5 Å². The summed E-state index contributed by atoms with van der Waals surface area (Å²) in [6.45, 7) is 15.3. The highest BCUT2D eigenvalue weighted by atomic mass is 16.2. The first-order valence-corrected chi connectivity index (χ1v) is 11.9. The third-order valence-electron chi connectivity index (χ3n) is 8.08. The van der Waals surface area contributed by atoms with Crippen LogP contribution in [0.3, 0.4) is 0 Å². The molecule has 0 aromatic carbocycles. The minimum atomic E-state index is 0.326. The Morgan fingerprint density at radius 3 is 1.78 bits per heavy atom. The van der Waals surface area contributed by atoms with Crippen LogP contribution in [0.15, 0.2) is 0 Å². The topological polar surface area (TPSA) is 23.6 Å². The first kappa shape index (κ1) is 21.1. The molecular weight excluding hydrogens is 332 g/mol. The summed E-state index contributed by atoms with van der Waals surface area (Å²) < 4.78 is 0. The zero-order chi connectivity index (χ0) is 19.4. The molecule has 0 bridgehead atoms. The van der Waals surface area contributed by atoms with Crippen LogP contribution in [0.2, 0.25) is 0 Å². The molecule has 0 atom stereocenters. The van der Waals surface area contributed by atoms with Gasteiger partial charge < -0.3 is 9.80 Å². The average molecular weight is 377 g/mol. The SMILES string of the molecule is CC(C)C1CCC(C(=O)N2CCC(CN3CCC(C(C)C)CC3)CC2)CC1. The van der Waals surface area contributed by atoms with Crippen molar-refractivity contribution in [3.63, 3.8) is 0 Å². The lowest BCUT2D eigenvalue weighted by atomic mass is 9.76. The van der Waals surface area contributed by atoms with Crippen molar-refractivity contribution in [2.45, 2.75) is 79.1 Å². The number of carbonyl (C=O) groups is 1. The fraction of sp³-hybridized carbons (Fsp3) is 0.958. The summed E-state index contributed by atoms with van der Waals surface area (Å²) in [5.41, 5.74) is 0. The summed E-state index contributed by atoms with van der Waals surface area (Å²) in [6.07, 6.45) is 9.99. The number of amides is 1. The molecule has 1 saturated carbocycles. The van der Waals surface area contributed by atoms with Crippen LogP contribution in [0.1, 0.15) is 79.1 Å². The fourth-order valence-corrected chi connectivity index (χ4v) is 5.79. The number of piperidine rings is 2. The molecule has 27 heavy (non-hydrogen) atoms. The van der Waals surface area contributed by atoms with E-state index >= 15 is 0 Å². The van der Waals surface area contributed by atoms with Crippen molar-refractivity contribution in [1.82, 2.24) is 9.80 Å². The predicted molar refractivity (Wildman–Crippen MR) is 114 cm³/mol. The standard InChI is InChI=1S/C24H44N2O/c1-18(2)21-5-7-23(8-6-21)24(27)26-15-9-20(10-16-26)17-25-13-11-22(12-14-25)19(3)4/h18-23H,5-17H2,1-4H3. The maximum Gasteiger partial charge on any atom is 0.225 e. The average Bonchev–Trinajstić information content (AvgIpc) is 2.68. The van der Waals surface area contributed by atoms with Crippen LogP contribution in [0.4, 0.5) is 0 Å². The van der Waals surface area contributed by atoms with Gasteiger partial charge in [-0.05, 0) is 94.0 Å². The highest BCUT2D eigenvalue weighted by Gasteiger charge is 2.33. The number of carbonyl (C=O) groups excluding carboxylic acids is 1. The van der Waals surface area contributed by atoms with Gasteiger partial charge in [-0.2, -0.15) is 0 Å². The summed E-state index contributed by atoms with van der Waals surface area (Å²) in [7, 11) is 0. The molecule has 0 N–H and O–H groups in total. The number of likely N-dealkylation sites (tertiary alicyclic amines) is 2. The number of hydrogen-bond acceptors (Lipinski definition) is 2.